The quantitative estimate of drug-likeness (QED) is 0.823. The molecule has 1 atom stereocenters. The molecule has 0 saturated carbocycles. The Labute approximate surface area is 141 Å². The van der Waals surface area contributed by atoms with Gasteiger partial charge in [0.05, 0.1) is 0 Å². The van der Waals surface area contributed by atoms with Gasteiger partial charge in [0.2, 0.25) is 0 Å². The predicted molar refractivity (Wildman–Crippen MR) is 90.7 cm³/mol. The van der Waals surface area contributed by atoms with Crippen molar-refractivity contribution >= 4 is 24.0 Å². The average Bonchev–Trinajstić information content (AvgIpc) is 2.93. The summed E-state index contributed by atoms with van der Waals surface area (Å²) < 4.78 is 5.37. The van der Waals surface area contributed by atoms with Crippen LogP contribution in [0.5, 0.6) is 0 Å². The van der Waals surface area contributed by atoms with Gasteiger partial charge in [0.25, 0.3) is 0 Å². The molecule has 0 unspecified atom stereocenters. The summed E-state index contributed by atoms with van der Waals surface area (Å²) in [4.78, 5) is 28.5. The van der Waals surface area contributed by atoms with Crippen LogP contribution in [0.25, 0.3) is 6.08 Å². The van der Waals surface area contributed by atoms with Crippen LogP contribution in [-0.2, 0) is 9.53 Å². The maximum absolute atomic E-state index is 12.0. The number of aliphatic carboxylic acids is 1. The summed E-state index contributed by atoms with van der Waals surface area (Å²) in [6.07, 6.45) is 4.68. The lowest BCUT2D eigenvalue weighted by Crippen LogP contribution is -2.36. The molecule has 1 aromatic rings. The number of pyridine rings is 1. The number of carboxylic acid groups (broad SMARTS) is 1. The third kappa shape index (κ3) is 5.57. The fourth-order valence-corrected chi connectivity index (χ4v) is 2.34. The molecule has 1 aromatic heterocycles. The summed E-state index contributed by atoms with van der Waals surface area (Å²) in [5.74, 6) is -0.302. The molecular weight excluding hydrogens is 310 g/mol. The minimum atomic E-state index is -0.995. The van der Waals surface area contributed by atoms with Gasteiger partial charge in [-0.2, -0.15) is 0 Å². The molecule has 0 bridgehead atoms. The summed E-state index contributed by atoms with van der Waals surface area (Å²) in [5, 5.41) is 11.9. The van der Waals surface area contributed by atoms with E-state index in [2.05, 4.69) is 10.3 Å². The first kappa shape index (κ1) is 17.8. The first-order chi connectivity index (χ1) is 11.2. The van der Waals surface area contributed by atoms with Gasteiger partial charge < -0.3 is 20.1 Å². The molecule has 1 amide bonds. The van der Waals surface area contributed by atoms with E-state index in [0.29, 0.717) is 24.5 Å². The second-order valence-electron chi connectivity index (χ2n) is 6.70. The summed E-state index contributed by atoms with van der Waals surface area (Å²) >= 11 is 0. The molecule has 2 rings (SSSR count). The van der Waals surface area contributed by atoms with Crippen LogP contribution in [0.2, 0.25) is 0 Å². The second kappa shape index (κ2) is 7.33. The summed E-state index contributed by atoms with van der Waals surface area (Å²) in [7, 11) is 0. The minimum absolute atomic E-state index is 0.116. The van der Waals surface area contributed by atoms with E-state index in [1.54, 1.807) is 23.2 Å². The maximum atomic E-state index is 12.0. The van der Waals surface area contributed by atoms with E-state index in [1.807, 2.05) is 20.8 Å². The zero-order valence-electron chi connectivity index (χ0n) is 14.2. The number of likely N-dealkylation sites (tertiary alicyclic amines) is 1. The topological polar surface area (TPSA) is 91.8 Å². The van der Waals surface area contributed by atoms with Crippen molar-refractivity contribution in [2.24, 2.45) is 0 Å². The van der Waals surface area contributed by atoms with Crippen LogP contribution in [0.3, 0.4) is 0 Å². The largest absolute Gasteiger partial charge is 0.478 e. The first-order valence-corrected chi connectivity index (χ1v) is 7.84. The Morgan fingerprint density at radius 2 is 2.17 bits per heavy atom. The minimum Gasteiger partial charge on any atom is -0.478 e. The summed E-state index contributed by atoms with van der Waals surface area (Å²) in [6.45, 7) is 6.76. The van der Waals surface area contributed by atoms with Crippen molar-refractivity contribution in [1.82, 2.24) is 9.88 Å². The van der Waals surface area contributed by atoms with E-state index < -0.39 is 11.6 Å². The zero-order valence-corrected chi connectivity index (χ0v) is 14.2. The number of hydrogen-bond donors (Lipinski definition) is 2. The fraction of sp³-hybridized carbons (Fsp3) is 0.471. The highest BCUT2D eigenvalue weighted by Gasteiger charge is 2.29. The van der Waals surface area contributed by atoms with Crippen LogP contribution in [-0.4, -0.2) is 51.8 Å². The maximum Gasteiger partial charge on any atom is 0.410 e. The number of aromatic nitrogens is 1. The Balaban J connectivity index is 1.87. The average molecular weight is 333 g/mol. The van der Waals surface area contributed by atoms with E-state index in [0.717, 1.165) is 12.5 Å². The Morgan fingerprint density at radius 1 is 1.42 bits per heavy atom. The van der Waals surface area contributed by atoms with Gasteiger partial charge in [-0.15, -0.1) is 0 Å². The van der Waals surface area contributed by atoms with Crippen LogP contribution >= 0.6 is 0 Å². The van der Waals surface area contributed by atoms with Gasteiger partial charge in [0.1, 0.15) is 11.4 Å². The first-order valence-electron chi connectivity index (χ1n) is 7.84. The molecule has 0 radical (unpaired) electrons. The zero-order chi connectivity index (χ0) is 17.7. The van der Waals surface area contributed by atoms with Crippen LogP contribution in [0.15, 0.2) is 24.4 Å². The van der Waals surface area contributed by atoms with Gasteiger partial charge in [-0.05, 0) is 51.0 Å². The van der Waals surface area contributed by atoms with Crippen molar-refractivity contribution in [2.45, 2.75) is 38.8 Å². The van der Waals surface area contributed by atoms with Crippen molar-refractivity contribution in [2.75, 3.05) is 18.4 Å². The third-order valence-corrected chi connectivity index (χ3v) is 3.40. The van der Waals surface area contributed by atoms with E-state index in [4.69, 9.17) is 9.84 Å². The molecule has 1 fully saturated rings. The van der Waals surface area contributed by atoms with Gasteiger partial charge in [0.15, 0.2) is 0 Å². The molecule has 0 aliphatic carbocycles. The highest BCUT2D eigenvalue weighted by Crippen LogP contribution is 2.18. The molecule has 2 N–H and O–H groups in total. The van der Waals surface area contributed by atoms with Gasteiger partial charge in [0, 0.05) is 31.4 Å². The monoisotopic (exact) mass is 333 g/mol. The molecule has 7 nitrogen and oxygen atoms in total. The van der Waals surface area contributed by atoms with Crippen molar-refractivity contribution < 1.29 is 19.4 Å². The summed E-state index contributed by atoms with van der Waals surface area (Å²) in [6, 6.07) is 3.69. The Hall–Kier alpha value is -2.57. The molecule has 24 heavy (non-hydrogen) atoms. The number of ether oxygens (including phenoxy) is 1. The Bertz CT molecular complexity index is 620. The molecule has 0 spiro atoms. The van der Waals surface area contributed by atoms with Gasteiger partial charge in [-0.3, -0.25) is 0 Å². The normalized spacial score (nSPS) is 18.0. The molecule has 2 heterocycles. The molecule has 0 aromatic carbocycles. The van der Waals surface area contributed by atoms with E-state index in [9.17, 15) is 9.59 Å². The van der Waals surface area contributed by atoms with Crippen LogP contribution in [0.1, 0.15) is 32.8 Å². The van der Waals surface area contributed by atoms with Crippen molar-refractivity contribution in [3.63, 3.8) is 0 Å². The fourth-order valence-electron chi connectivity index (χ4n) is 2.34. The SMILES string of the molecule is CC(C)(C)OC(=O)N1CC[C@@H](Nc2ccc(/C=C/C(=O)O)cn2)C1. The number of hydrogen-bond acceptors (Lipinski definition) is 5. The highest BCUT2D eigenvalue weighted by molar-refractivity contribution is 5.85. The van der Waals surface area contributed by atoms with Crippen molar-refractivity contribution in [1.29, 1.82) is 0 Å². The standard InChI is InChI=1S/C17H23N3O4/c1-17(2,3)24-16(23)20-9-8-13(11-20)19-14-6-4-12(10-18-14)5-7-15(21)22/h4-7,10,13H,8-9,11H2,1-3H3,(H,18,19)(H,21,22)/b7-5+/t13-/m1/s1. The number of rotatable bonds is 4. The molecular formula is C17H23N3O4. The van der Waals surface area contributed by atoms with E-state index in [1.165, 1.54) is 6.08 Å². The van der Waals surface area contributed by atoms with Crippen LogP contribution in [0, 0.1) is 0 Å². The van der Waals surface area contributed by atoms with Gasteiger partial charge in [-0.25, -0.2) is 14.6 Å². The number of nitrogens with zero attached hydrogens (tertiary/aromatic N) is 2. The Kier molecular flexibility index (Phi) is 5.43. The Morgan fingerprint density at radius 3 is 2.75 bits per heavy atom. The highest BCUT2D eigenvalue weighted by atomic mass is 16.6. The molecule has 130 valence electrons. The van der Waals surface area contributed by atoms with Crippen LogP contribution < -0.4 is 5.32 Å². The lowest BCUT2D eigenvalue weighted by molar-refractivity contribution is -0.131. The smallest absolute Gasteiger partial charge is 0.410 e. The summed E-state index contributed by atoms with van der Waals surface area (Å²) in [5.41, 5.74) is 0.216. The number of amides is 1. The van der Waals surface area contributed by atoms with Gasteiger partial charge in [-0.1, -0.05) is 0 Å². The predicted octanol–water partition coefficient (Wildman–Crippen LogP) is 2.60. The van der Waals surface area contributed by atoms with E-state index in [-0.39, 0.29) is 12.1 Å². The van der Waals surface area contributed by atoms with Crippen molar-refractivity contribution in [3.8, 4) is 0 Å². The number of carbonyl (C=O) groups excluding carboxylic acids is 1. The molecule has 7 heteroatoms. The van der Waals surface area contributed by atoms with E-state index >= 15 is 0 Å². The van der Waals surface area contributed by atoms with Gasteiger partial charge >= 0.3 is 12.1 Å². The number of anilines is 1. The molecule has 1 saturated heterocycles. The lowest BCUT2D eigenvalue weighted by atomic mass is 10.2. The molecule has 1 aliphatic rings. The number of carbonyl (C=O) groups is 2. The number of nitrogens with one attached hydrogen (secondary N) is 1. The number of carboxylic acids is 1. The second-order valence-corrected chi connectivity index (χ2v) is 6.70. The third-order valence-electron chi connectivity index (χ3n) is 3.40. The lowest BCUT2D eigenvalue weighted by Gasteiger charge is -2.24. The molecule has 1 aliphatic heterocycles. The van der Waals surface area contributed by atoms with Crippen molar-refractivity contribution in [3.05, 3.63) is 30.0 Å². The van der Waals surface area contributed by atoms with Crippen LogP contribution in [0.4, 0.5) is 10.6 Å².